The lowest BCUT2D eigenvalue weighted by atomic mass is 9.83. The summed E-state index contributed by atoms with van der Waals surface area (Å²) in [5, 5.41) is 13.6. The van der Waals surface area contributed by atoms with E-state index in [4.69, 9.17) is 11.6 Å². The first kappa shape index (κ1) is 23.5. The zero-order chi connectivity index (χ0) is 23.8. The quantitative estimate of drug-likeness (QED) is 0.466. The summed E-state index contributed by atoms with van der Waals surface area (Å²) in [5.74, 6) is -4.87. The van der Waals surface area contributed by atoms with Crippen LogP contribution in [-0.4, -0.2) is 43.2 Å². The van der Waals surface area contributed by atoms with Gasteiger partial charge in [0.25, 0.3) is 0 Å². The minimum absolute atomic E-state index is 0.0309. The largest absolute Gasteiger partial charge is 0.409 e. The lowest BCUT2D eigenvalue weighted by Crippen LogP contribution is -2.27. The van der Waals surface area contributed by atoms with Crippen molar-refractivity contribution in [3.8, 4) is 11.4 Å². The lowest BCUT2D eigenvalue weighted by Gasteiger charge is -2.23. The van der Waals surface area contributed by atoms with Crippen molar-refractivity contribution in [3.05, 3.63) is 40.4 Å². The number of hydrogen-bond donors (Lipinski definition) is 1. The van der Waals surface area contributed by atoms with Crippen LogP contribution in [0.1, 0.15) is 30.7 Å². The molecule has 4 rings (SSSR count). The zero-order valence-electron chi connectivity index (χ0n) is 16.7. The number of hydrogen-bond acceptors (Lipinski definition) is 6. The molecule has 2 aromatic heterocycles. The van der Waals surface area contributed by atoms with Crippen molar-refractivity contribution in [1.82, 2.24) is 25.2 Å². The van der Waals surface area contributed by atoms with Crippen molar-refractivity contribution < 1.29 is 26.7 Å². The Kier molecular flexibility index (Phi) is 6.36. The molecule has 7 nitrogen and oxygen atoms in total. The second kappa shape index (κ2) is 8.93. The van der Waals surface area contributed by atoms with E-state index in [1.54, 1.807) is 12.1 Å². The van der Waals surface area contributed by atoms with Crippen molar-refractivity contribution in [2.75, 3.05) is 5.32 Å². The van der Waals surface area contributed by atoms with E-state index in [1.165, 1.54) is 18.3 Å². The molecule has 176 valence electrons. The van der Waals surface area contributed by atoms with Gasteiger partial charge in [0.2, 0.25) is 17.7 Å². The van der Waals surface area contributed by atoms with Crippen LogP contribution >= 0.6 is 22.9 Å². The van der Waals surface area contributed by atoms with Crippen LogP contribution in [0.4, 0.5) is 27.1 Å². The Balaban J connectivity index is 1.57. The molecule has 2 unspecified atom stereocenters. The Labute approximate surface area is 193 Å². The van der Waals surface area contributed by atoms with Gasteiger partial charge in [-0.25, -0.2) is 13.8 Å². The van der Waals surface area contributed by atoms with Crippen LogP contribution in [0.5, 0.6) is 0 Å². The highest BCUT2D eigenvalue weighted by Crippen LogP contribution is 2.46. The number of benzene rings is 1. The Morgan fingerprint density at radius 3 is 2.61 bits per heavy atom. The van der Waals surface area contributed by atoms with Gasteiger partial charge in [-0.15, -0.1) is 10.2 Å². The Morgan fingerprint density at radius 2 is 2.03 bits per heavy atom. The summed E-state index contributed by atoms with van der Waals surface area (Å²) in [6, 6.07) is 6.13. The number of carbonyl (C=O) groups is 1. The number of nitrogens with one attached hydrogen (secondary N) is 1. The fourth-order valence-corrected chi connectivity index (χ4v) is 4.64. The summed E-state index contributed by atoms with van der Waals surface area (Å²) < 4.78 is 65.7. The Bertz CT molecular complexity index is 1130. The molecule has 33 heavy (non-hydrogen) atoms. The van der Waals surface area contributed by atoms with Gasteiger partial charge in [0, 0.05) is 18.4 Å². The number of amides is 1. The number of carbonyl (C=O) groups excluding carboxylic acids is 1. The highest BCUT2D eigenvalue weighted by atomic mass is 35.5. The lowest BCUT2D eigenvalue weighted by molar-refractivity contribution is -0.145. The van der Waals surface area contributed by atoms with E-state index in [1.807, 2.05) is 0 Å². The fraction of sp³-hybridized carbons (Fsp3) is 0.421. The minimum Gasteiger partial charge on any atom is -0.301 e. The molecule has 1 N–H and O–H groups in total. The normalized spacial score (nSPS) is 18.9. The minimum atomic E-state index is -4.49. The summed E-state index contributed by atoms with van der Waals surface area (Å²) >= 11 is 6.89. The molecule has 1 saturated carbocycles. The van der Waals surface area contributed by atoms with Gasteiger partial charge in [-0.05, 0) is 23.1 Å². The average molecular weight is 507 g/mol. The first-order chi connectivity index (χ1) is 15.5. The molecule has 0 aliphatic heterocycles. The van der Waals surface area contributed by atoms with Crippen LogP contribution in [0, 0.1) is 5.92 Å². The standard InChI is InChI=1S/C19H16ClF5N6OS/c20-13-8-26-17(33-13)27-16(32)14(12-5-6-18(21,22)7-12)10-1-3-11(4-2-10)15-28-30-31(29-15)9-19(23,24)25/h1-4,8,12,14H,5-7,9H2,(H,26,27,32). The van der Waals surface area contributed by atoms with Gasteiger partial charge in [-0.3, -0.25) is 4.79 Å². The highest BCUT2D eigenvalue weighted by Gasteiger charge is 2.45. The number of thiazole rings is 1. The van der Waals surface area contributed by atoms with Crippen LogP contribution in [0.25, 0.3) is 11.4 Å². The number of rotatable bonds is 6. The van der Waals surface area contributed by atoms with E-state index >= 15 is 0 Å². The SMILES string of the molecule is O=C(Nc1ncc(Cl)s1)C(c1ccc(-c2nnn(CC(F)(F)F)n2)cc1)C1CCC(F)(F)C1. The van der Waals surface area contributed by atoms with Crippen LogP contribution in [-0.2, 0) is 11.3 Å². The zero-order valence-corrected chi connectivity index (χ0v) is 18.3. The molecule has 1 aliphatic rings. The molecule has 0 spiro atoms. The maximum Gasteiger partial charge on any atom is 0.409 e. The molecule has 3 aromatic rings. The second-order valence-corrected chi connectivity index (χ2v) is 9.34. The predicted octanol–water partition coefficient (Wildman–Crippen LogP) is 5.17. The van der Waals surface area contributed by atoms with E-state index in [0.29, 0.717) is 20.3 Å². The molecule has 0 bridgehead atoms. The first-order valence-electron chi connectivity index (χ1n) is 9.74. The molecular formula is C19H16ClF5N6OS. The van der Waals surface area contributed by atoms with Crippen LogP contribution in [0.3, 0.4) is 0 Å². The van der Waals surface area contributed by atoms with Crippen LogP contribution in [0.15, 0.2) is 30.5 Å². The van der Waals surface area contributed by atoms with E-state index in [-0.39, 0.29) is 23.8 Å². The molecular weight excluding hydrogens is 491 g/mol. The molecule has 1 aliphatic carbocycles. The maximum atomic E-state index is 13.9. The van der Waals surface area contributed by atoms with E-state index in [2.05, 4.69) is 25.7 Å². The summed E-state index contributed by atoms with van der Waals surface area (Å²) in [4.78, 5) is 17.4. The third-order valence-electron chi connectivity index (χ3n) is 5.20. The predicted molar refractivity (Wildman–Crippen MR) is 110 cm³/mol. The average Bonchev–Trinajstić information content (AvgIpc) is 3.42. The topological polar surface area (TPSA) is 85.6 Å². The fourth-order valence-electron chi connectivity index (χ4n) is 3.83. The third-order valence-corrected chi connectivity index (χ3v) is 6.24. The van der Waals surface area contributed by atoms with Crippen molar-refractivity contribution in [2.24, 2.45) is 5.92 Å². The molecule has 2 atom stereocenters. The summed E-state index contributed by atoms with van der Waals surface area (Å²) in [7, 11) is 0. The Morgan fingerprint density at radius 1 is 1.30 bits per heavy atom. The molecule has 14 heteroatoms. The molecule has 2 heterocycles. The molecule has 1 aromatic carbocycles. The number of anilines is 1. The number of nitrogens with zero attached hydrogens (tertiary/aromatic N) is 5. The Hall–Kier alpha value is -2.67. The summed E-state index contributed by atoms with van der Waals surface area (Å²) in [6.07, 6.45) is -3.70. The van der Waals surface area contributed by atoms with E-state index in [9.17, 15) is 26.7 Å². The summed E-state index contributed by atoms with van der Waals surface area (Å²) in [5.41, 5.74) is 0.846. The number of halogens is 6. The first-order valence-corrected chi connectivity index (χ1v) is 10.9. The molecule has 0 radical (unpaired) electrons. The monoisotopic (exact) mass is 506 g/mol. The van der Waals surface area contributed by atoms with E-state index in [0.717, 1.165) is 11.3 Å². The molecule has 0 saturated heterocycles. The number of alkyl halides is 5. The van der Waals surface area contributed by atoms with Crippen LogP contribution < -0.4 is 5.32 Å². The van der Waals surface area contributed by atoms with Gasteiger partial charge in [-0.1, -0.05) is 47.2 Å². The third kappa shape index (κ3) is 5.82. The van der Waals surface area contributed by atoms with Gasteiger partial charge in [0.15, 0.2) is 11.7 Å². The van der Waals surface area contributed by atoms with Gasteiger partial charge in [0.1, 0.15) is 4.34 Å². The van der Waals surface area contributed by atoms with Gasteiger partial charge in [-0.2, -0.15) is 18.0 Å². The van der Waals surface area contributed by atoms with Crippen molar-refractivity contribution in [3.63, 3.8) is 0 Å². The van der Waals surface area contributed by atoms with Gasteiger partial charge in [0.05, 0.1) is 12.1 Å². The number of aromatic nitrogens is 5. The summed E-state index contributed by atoms with van der Waals surface area (Å²) in [6.45, 7) is -1.38. The van der Waals surface area contributed by atoms with Gasteiger partial charge >= 0.3 is 6.18 Å². The molecule has 1 fully saturated rings. The highest BCUT2D eigenvalue weighted by molar-refractivity contribution is 7.19. The van der Waals surface area contributed by atoms with Crippen molar-refractivity contribution in [1.29, 1.82) is 0 Å². The smallest absolute Gasteiger partial charge is 0.301 e. The molecule has 1 amide bonds. The maximum absolute atomic E-state index is 13.9. The van der Waals surface area contributed by atoms with E-state index < -0.39 is 42.8 Å². The van der Waals surface area contributed by atoms with Crippen molar-refractivity contribution in [2.45, 2.75) is 43.8 Å². The second-order valence-electron chi connectivity index (χ2n) is 7.68. The van der Waals surface area contributed by atoms with Gasteiger partial charge < -0.3 is 5.32 Å². The number of tetrazole rings is 1. The van der Waals surface area contributed by atoms with Crippen molar-refractivity contribution >= 4 is 34.0 Å². The van der Waals surface area contributed by atoms with Crippen LogP contribution in [0.2, 0.25) is 4.34 Å².